The average Bonchev–Trinajstić information content (AvgIpc) is 3.09. The van der Waals surface area contributed by atoms with Crippen LogP contribution < -0.4 is 10.1 Å². The lowest BCUT2D eigenvalue weighted by molar-refractivity contribution is 0.0665. The number of anilines is 1. The zero-order valence-electron chi connectivity index (χ0n) is 11.4. The molecule has 1 aromatic carbocycles. The topological polar surface area (TPSA) is 117 Å². The number of carbonyl (C=O) groups excluding carboxylic acids is 1. The highest BCUT2D eigenvalue weighted by Gasteiger charge is 2.18. The number of carboxylic acids is 1. The largest absolute Gasteiger partial charge is 0.497 e. The third-order valence-corrected chi connectivity index (χ3v) is 3.01. The van der Waals surface area contributed by atoms with Crippen LogP contribution in [0.5, 0.6) is 5.75 Å². The van der Waals surface area contributed by atoms with Crippen molar-refractivity contribution in [2.24, 2.45) is 0 Å². The van der Waals surface area contributed by atoms with Gasteiger partial charge in [-0.1, -0.05) is 6.07 Å². The molecule has 0 fully saturated rings. The van der Waals surface area contributed by atoms with Crippen molar-refractivity contribution >= 4 is 28.8 Å². The van der Waals surface area contributed by atoms with Crippen molar-refractivity contribution in [3.05, 3.63) is 41.7 Å². The van der Waals surface area contributed by atoms with Crippen LogP contribution in [0.25, 0.3) is 11.1 Å². The molecule has 3 aromatic rings. The van der Waals surface area contributed by atoms with E-state index in [4.69, 9.17) is 14.3 Å². The molecule has 0 bridgehead atoms. The van der Waals surface area contributed by atoms with Crippen LogP contribution in [0.2, 0.25) is 0 Å². The number of benzene rings is 1. The van der Waals surface area contributed by atoms with Crippen LogP contribution in [0.1, 0.15) is 20.9 Å². The molecule has 0 atom stereocenters. The summed E-state index contributed by atoms with van der Waals surface area (Å²) in [5.74, 6) is -1.18. The van der Waals surface area contributed by atoms with E-state index in [0.717, 1.165) is 0 Å². The molecule has 22 heavy (non-hydrogen) atoms. The van der Waals surface area contributed by atoms with Gasteiger partial charge < -0.3 is 19.6 Å². The number of carboxylic acid groups (broad SMARTS) is 1. The van der Waals surface area contributed by atoms with E-state index >= 15 is 0 Å². The Morgan fingerprint density at radius 2 is 2.18 bits per heavy atom. The van der Waals surface area contributed by atoms with Crippen molar-refractivity contribution in [2.45, 2.75) is 0 Å². The zero-order valence-corrected chi connectivity index (χ0v) is 11.4. The number of ether oxygens (including phenoxy) is 1. The minimum atomic E-state index is -1.20. The summed E-state index contributed by atoms with van der Waals surface area (Å²) in [5, 5.41) is 17.9. The maximum Gasteiger partial charge on any atom is 0.371 e. The van der Waals surface area contributed by atoms with E-state index in [1.165, 1.54) is 13.2 Å². The second-order valence-electron chi connectivity index (χ2n) is 4.42. The van der Waals surface area contributed by atoms with Crippen LogP contribution in [0.15, 0.2) is 34.7 Å². The highest BCUT2D eigenvalue weighted by molar-refractivity contribution is 6.07. The normalized spacial score (nSPS) is 10.6. The van der Waals surface area contributed by atoms with Crippen LogP contribution in [-0.2, 0) is 0 Å². The third kappa shape index (κ3) is 2.37. The van der Waals surface area contributed by atoms with Gasteiger partial charge >= 0.3 is 5.97 Å². The van der Waals surface area contributed by atoms with E-state index in [1.807, 2.05) is 0 Å². The molecule has 8 nitrogen and oxygen atoms in total. The first-order valence-electron chi connectivity index (χ1n) is 6.25. The van der Waals surface area contributed by atoms with Crippen LogP contribution >= 0.6 is 0 Å². The number of carbonyl (C=O) groups is 2. The summed E-state index contributed by atoms with van der Waals surface area (Å²) >= 11 is 0. The van der Waals surface area contributed by atoms with E-state index in [1.54, 1.807) is 24.3 Å². The number of aromatic nitrogens is 2. The number of amides is 1. The Morgan fingerprint density at radius 1 is 1.36 bits per heavy atom. The Hall–Kier alpha value is -3.29. The van der Waals surface area contributed by atoms with E-state index in [2.05, 4.69) is 15.5 Å². The molecule has 8 heteroatoms. The standard InChI is InChI=1S/C14H11N3O5/c1-21-8-4-2-3-7(5-8)13(18)15-12-11-9(16-17-12)6-10(22-11)14(19)20/h2-6H,1H3,(H,19,20)(H2,15,16,17,18). The molecule has 2 aromatic heterocycles. The van der Waals surface area contributed by atoms with Crippen molar-refractivity contribution in [1.29, 1.82) is 0 Å². The summed E-state index contributed by atoms with van der Waals surface area (Å²) in [6.07, 6.45) is 0. The molecule has 3 rings (SSSR count). The van der Waals surface area contributed by atoms with Gasteiger partial charge in [0.25, 0.3) is 5.91 Å². The van der Waals surface area contributed by atoms with Gasteiger partial charge in [0.05, 0.1) is 7.11 Å². The SMILES string of the molecule is COc1cccc(C(=O)Nc2n[nH]c3cc(C(=O)O)oc23)c1. The number of aromatic carboxylic acids is 1. The minimum Gasteiger partial charge on any atom is -0.497 e. The Morgan fingerprint density at radius 3 is 2.91 bits per heavy atom. The summed E-state index contributed by atoms with van der Waals surface area (Å²) in [6, 6.07) is 7.89. The van der Waals surface area contributed by atoms with Crippen molar-refractivity contribution in [2.75, 3.05) is 12.4 Å². The van der Waals surface area contributed by atoms with Crippen molar-refractivity contribution in [1.82, 2.24) is 10.2 Å². The molecule has 0 aliphatic heterocycles. The number of nitrogens with zero attached hydrogens (tertiary/aromatic N) is 1. The summed E-state index contributed by atoms with van der Waals surface area (Å²) in [5.41, 5.74) is 0.938. The van der Waals surface area contributed by atoms with Crippen molar-refractivity contribution < 1.29 is 23.8 Å². The third-order valence-electron chi connectivity index (χ3n) is 3.01. The molecule has 0 unspecified atom stereocenters. The number of rotatable bonds is 4. The van der Waals surface area contributed by atoms with Crippen LogP contribution in [0.3, 0.4) is 0 Å². The number of aromatic amines is 1. The Bertz CT molecular complexity index is 864. The van der Waals surface area contributed by atoms with Crippen LogP contribution in [0.4, 0.5) is 5.82 Å². The molecule has 2 heterocycles. The van der Waals surface area contributed by atoms with E-state index in [9.17, 15) is 9.59 Å². The lowest BCUT2D eigenvalue weighted by atomic mass is 10.2. The van der Waals surface area contributed by atoms with Gasteiger partial charge in [-0.15, -0.1) is 0 Å². The quantitative estimate of drug-likeness (QED) is 0.679. The first kappa shape index (κ1) is 13.7. The fraction of sp³-hybridized carbons (Fsp3) is 0.0714. The molecule has 0 saturated carbocycles. The summed E-state index contributed by atoms with van der Waals surface area (Å²) < 4.78 is 10.2. The maximum atomic E-state index is 12.2. The van der Waals surface area contributed by atoms with Crippen molar-refractivity contribution in [3.63, 3.8) is 0 Å². The highest BCUT2D eigenvalue weighted by atomic mass is 16.5. The second-order valence-corrected chi connectivity index (χ2v) is 4.42. The van der Waals surface area contributed by atoms with Gasteiger partial charge in [-0.25, -0.2) is 4.79 Å². The molecular weight excluding hydrogens is 290 g/mol. The van der Waals surface area contributed by atoms with Gasteiger partial charge in [-0.05, 0) is 18.2 Å². The lowest BCUT2D eigenvalue weighted by Gasteiger charge is -2.04. The summed E-state index contributed by atoms with van der Waals surface area (Å²) in [7, 11) is 1.50. The first-order chi connectivity index (χ1) is 10.6. The smallest absolute Gasteiger partial charge is 0.371 e. The fourth-order valence-corrected chi connectivity index (χ4v) is 1.95. The molecule has 3 N–H and O–H groups in total. The Kier molecular flexibility index (Phi) is 3.26. The number of hydrogen-bond acceptors (Lipinski definition) is 5. The highest BCUT2D eigenvalue weighted by Crippen LogP contribution is 2.25. The molecule has 0 saturated heterocycles. The summed E-state index contributed by atoms with van der Waals surface area (Å²) in [4.78, 5) is 23.1. The van der Waals surface area contributed by atoms with Gasteiger partial charge in [0.15, 0.2) is 11.4 Å². The maximum absolute atomic E-state index is 12.2. The summed E-state index contributed by atoms with van der Waals surface area (Å²) in [6.45, 7) is 0. The van der Waals surface area contributed by atoms with E-state index < -0.39 is 11.9 Å². The Balaban J connectivity index is 1.88. The van der Waals surface area contributed by atoms with Gasteiger partial charge in [-0.3, -0.25) is 9.89 Å². The fourth-order valence-electron chi connectivity index (χ4n) is 1.95. The number of furan rings is 1. The second kappa shape index (κ2) is 5.24. The first-order valence-corrected chi connectivity index (χ1v) is 6.25. The van der Waals surface area contributed by atoms with Gasteiger partial charge in [0, 0.05) is 11.6 Å². The monoisotopic (exact) mass is 301 g/mol. The molecule has 0 radical (unpaired) electrons. The number of nitrogens with one attached hydrogen (secondary N) is 2. The number of methoxy groups -OCH3 is 1. The lowest BCUT2D eigenvalue weighted by Crippen LogP contribution is -2.12. The molecule has 1 amide bonds. The number of hydrogen-bond donors (Lipinski definition) is 3. The van der Waals surface area contributed by atoms with Crippen LogP contribution in [0, 0.1) is 0 Å². The van der Waals surface area contributed by atoms with E-state index in [0.29, 0.717) is 16.8 Å². The van der Waals surface area contributed by atoms with Crippen LogP contribution in [-0.4, -0.2) is 34.3 Å². The average molecular weight is 301 g/mol. The molecule has 0 aliphatic carbocycles. The minimum absolute atomic E-state index is 0.121. The Labute approximate surface area is 123 Å². The molecule has 0 spiro atoms. The zero-order chi connectivity index (χ0) is 15.7. The number of fused-ring (bicyclic) bond motifs is 1. The predicted octanol–water partition coefficient (Wildman–Crippen LogP) is 2.11. The molecular formula is C14H11N3O5. The van der Waals surface area contributed by atoms with Gasteiger partial charge in [0.1, 0.15) is 11.3 Å². The van der Waals surface area contributed by atoms with Gasteiger partial charge in [-0.2, -0.15) is 5.10 Å². The van der Waals surface area contributed by atoms with Crippen molar-refractivity contribution in [3.8, 4) is 5.75 Å². The predicted molar refractivity (Wildman–Crippen MR) is 76.3 cm³/mol. The molecule has 112 valence electrons. The van der Waals surface area contributed by atoms with E-state index in [-0.39, 0.29) is 17.2 Å². The van der Waals surface area contributed by atoms with Gasteiger partial charge in [0.2, 0.25) is 5.76 Å². The number of H-pyrrole nitrogens is 1. The molecule has 0 aliphatic rings.